The molecule has 10 heteroatoms. The van der Waals surface area contributed by atoms with Crippen molar-refractivity contribution in [2.24, 2.45) is 0 Å². The topological polar surface area (TPSA) is 98.8 Å². The molecule has 0 radical (unpaired) electrons. The number of nitrogens with one attached hydrogen (secondary N) is 1. The van der Waals surface area contributed by atoms with E-state index in [-0.39, 0.29) is 29.5 Å². The highest BCUT2D eigenvalue weighted by molar-refractivity contribution is 7.96. The van der Waals surface area contributed by atoms with Gasteiger partial charge < -0.3 is 14.8 Å². The van der Waals surface area contributed by atoms with E-state index in [1.165, 1.54) is 19.1 Å². The van der Waals surface area contributed by atoms with Crippen LogP contribution >= 0.6 is 0 Å². The Labute approximate surface area is 168 Å². The molecule has 0 spiro atoms. The molecule has 29 heavy (non-hydrogen) atoms. The van der Waals surface area contributed by atoms with Gasteiger partial charge in [-0.25, -0.2) is 21.2 Å². The van der Waals surface area contributed by atoms with Crippen LogP contribution in [0.4, 0.5) is 4.39 Å². The third-order valence-electron chi connectivity index (χ3n) is 5.16. The summed E-state index contributed by atoms with van der Waals surface area (Å²) in [5.41, 5.74) is 1.00. The molecule has 2 aliphatic heterocycles. The van der Waals surface area contributed by atoms with Crippen molar-refractivity contribution in [3.05, 3.63) is 53.3 Å². The van der Waals surface area contributed by atoms with Crippen molar-refractivity contribution in [2.45, 2.75) is 29.7 Å². The Balaban J connectivity index is 1.57. The predicted octanol–water partition coefficient (Wildman–Crippen LogP) is 1.59. The zero-order valence-corrected chi connectivity index (χ0v) is 17.2. The summed E-state index contributed by atoms with van der Waals surface area (Å²) in [5, 5.41) is 1.92. The van der Waals surface area contributed by atoms with Crippen LogP contribution in [0, 0.1) is 12.7 Å². The fourth-order valence-electron chi connectivity index (χ4n) is 3.58. The maximum Gasteiger partial charge on any atom is 0.231 e. The molecule has 2 aromatic rings. The Morgan fingerprint density at radius 3 is 2.62 bits per heavy atom. The van der Waals surface area contributed by atoms with Crippen molar-refractivity contribution in [2.75, 3.05) is 18.3 Å². The smallest absolute Gasteiger partial charge is 0.231 e. The molecule has 0 saturated carbocycles. The van der Waals surface area contributed by atoms with Crippen LogP contribution in [-0.4, -0.2) is 46.4 Å². The summed E-state index contributed by atoms with van der Waals surface area (Å²) in [4.78, 5) is -0.0756. The van der Waals surface area contributed by atoms with Crippen LogP contribution in [0.15, 0.2) is 41.3 Å². The first-order valence-corrected chi connectivity index (χ1v) is 12.3. The lowest BCUT2D eigenvalue weighted by Crippen LogP contribution is -2.43. The van der Waals surface area contributed by atoms with E-state index in [4.69, 9.17) is 9.47 Å². The fraction of sp³-hybridized carbons (Fsp3) is 0.368. The van der Waals surface area contributed by atoms with Gasteiger partial charge in [0.25, 0.3) is 0 Å². The molecule has 156 valence electrons. The van der Waals surface area contributed by atoms with E-state index in [9.17, 15) is 21.2 Å². The predicted molar refractivity (Wildman–Crippen MR) is 104 cm³/mol. The first kappa shape index (κ1) is 20.1. The lowest BCUT2D eigenvalue weighted by molar-refractivity contribution is 0.174. The van der Waals surface area contributed by atoms with E-state index in [2.05, 4.69) is 5.32 Å². The Morgan fingerprint density at radius 1 is 1.10 bits per heavy atom. The van der Waals surface area contributed by atoms with E-state index >= 15 is 0 Å². The molecule has 0 bridgehead atoms. The molecule has 2 atom stereocenters. The summed E-state index contributed by atoms with van der Waals surface area (Å²) < 4.78 is 74.8. The monoisotopic (exact) mass is 441 g/mol. The molecular weight excluding hydrogens is 421 g/mol. The van der Waals surface area contributed by atoms with Gasteiger partial charge in [0.15, 0.2) is 31.2 Å². The summed E-state index contributed by atoms with van der Waals surface area (Å²) in [6.45, 7) is 1.88. The lowest BCUT2D eigenvalue weighted by Gasteiger charge is -2.20. The number of rotatable bonds is 5. The normalized spacial score (nSPS) is 22.7. The van der Waals surface area contributed by atoms with Gasteiger partial charge in [-0.05, 0) is 48.4 Å². The Bertz CT molecular complexity index is 1160. The minimum Gasteiger partial charge on any atom is -0.454 e. The standard InChI is InChI=1S/C19H20FNO6S2/c1-12-6-14(3-4-15(12)20)29(24,25)19-10-28(22,23)9-16(19)21-8-13-2-5-17-18(7-13)27-11-26-17/h2-7,16,19,21H,8-11H2,1H3/t16-,19-/m0/s1. The minimum absolute atomic E-state index is 0.0756. The summed E-state index contributed by atoms with van der Waals surface area (Å²) in [6, 6.07) is 8.05. The third kappa shape index (κ3) is 3.96. The Hall–Kier alpha value is -2.17. The van der Waals surface area contributed by atoms with E-state index in [0.717, 1.165) is 11.6 Å². The summed E-state index contributed by atoms with van der Waals surface area (Å²) in [5.74, 6) is -0.0364. The average molecular weight is 442 g/mol. The number of sulfone groups is 2. The SMILES string of the molecule is Cc1cc(S(=O)(=O)[C@H]2CS(=O)(=O)C[C@@H]2NCc2ccc3c(c2)OCO3)ccc1F. The first-order valence-electron chi connectivity index (χ1n) is 8.98. The van der Waals surface area contributed by atoms with Crippen molar-refractivity contribution < 1.29 is 30.7 Å². The van der Waals surface area contributed by atoms with Gasteiger partial charge in [0.1, 0.15) is 5.82 Å². The van der Waals surface area contributed by atoms with E-state index in [1.807, 2.05) is 0 Å². The number of benzene rings is 2. The molecule has 2 aromatic carbocycles. The van der Waals surface area contributed by atoms with Crippen LogP contribution in [0.1, 0.15) is 11.1 Å². The van der Waals surface area contributed by atoms with Gasteiger partial charge in [0, 0.05) is 12.6 Å². The van der Waals surface area contributed by atoms with Crippen LogP contribution in [0.3, 0.4) is 0 Å². The maximum absolute atomic E-state index is 13.5. The second-order valence-electron chi connectivity index (χ2n) is 7.25. The highest BCUT2D eigenvalue weighted by Gasteiger charge is 2.45. The molecule has 4 rings (SSSR count). The number of ether oxygens (including phenoxy) is 2. The van der Waals surface area contributed by atoms with Gasteiger partial charge in [0.2, 0.25) is 6.79 Å². The zero-order valence-electron chi connectivity index (χ0n) is 15.6. The Morgan fingerprint density at radius 2 is 1.86 bits per heavy atom. The molecule has 7 nitrogen and oxygen atoms in total. The maximum atomic E-state index is 13.5. The van der Waals surface area contributed by atoms with E-state index in [0.29, 0.717) is 11.5 Å². The fourth-order valence-corrected chi connectivity index (χ4v) is 8.38. The van der Waals surface area contributed by atoms with E-state index < -0.39 is 42.5 Å². The number of aryl methyl sites for hydroxylation is 1. The third-order valence-corrected chi connectivity index (χ3v) is 9.31. The quantitative estimate of drug-likeness (QED) is 0.704. The van der Waals surface area contributed by atoms with Crippen LogP contribution in [0.25, 0.3) is 0 Å². The largest absolute Gasteiger partial charge is 0.454 e. The lowest BCUT2D eigenvalue weighted by atomic mass is 10.2. The van der Waals surface area contributed by atoms with E-state index in [1.54, 1.807) is 18.2 Å². The van der Waals surface area contributed by atoms with Gasteiger partial charge in [-0.1, -0.05) is 6.07 Å². The van der Waals surface area contributed by atoms with Crippen molar-refractivity contribution in [3.8, 4) is 11.5 Å². The molecule has 1 saturated heterocycles. The van der Waals surface area contributed by atoms with Crippen LogP contribution < -0.4 is 14.8 Å². The molecule has 0 aromatic heterocycles. The summed E-state index contributed by atoms with van der Waals surface area (Å²) in [6.07, 6.45) is 0. The molecule has 1 fully saturated rings. The summed E-state index contributed by atoms with van der Waals surface area (Å²) in [7, 11) is -7.49. The first-order chi connectivity index (χ1) is 13.7. The molecule has 2 aliphatic rings. The van der Waals surface area contributed by atoms with Gasteiger partial charge in [0.05, 0.1) is 21.7 Å². The molecule has 1 N–H and O–H groups in total. The Kier molecular flexibility index (Phi) is 5.04. The highest BCUT2D eigenvalue weighted by Crippen LogP contribution is 2.33. The van der Waals surface area contributed by atoms with Crippen molar-refractivity contribution in [1.82, 2.24) is 5.32 Å². The second-order valence-corrected chi connectivity index (χ2v) is 11.6. The number of halogens is 1. The number of fused-ring (bicyclic) bond motifs is 1. The van der Waals surface area contributed by atoms with Crippen molar-refractivity contribution in [3.63, 3.8) is 0 Å². The molecule has 0 aliphatic carbocycles. The molecule has 2 heterocycles. The molecule has 0 unspecified atom stereocenters. The molecule has 0 amide bonds. The summed E-state index contributed by atoms with van der Waals surface area (Å²) >= 11 is 0. The van der Waals surface area contributed by atoms with Crippen LogP contribution in [0.2, 0.25) is 0 Å². The zero-order chi connectivity index (χ0) is 20.8. The van der Waals surface area contributed by atoms with Crippen molar-refractivity contribution >= 4 is 19.7 Å². The van der Waals surface area contributed by atoms with Crippen molar-refractivity contribution in [1.29, 1.82) is 0 Å². The number of hydrogen-bond acceptors (Lipinski definition) is 7. The van der Waals surface area contributed by atoms with Gasteiger partial charge in [-0.15, -0.1) is 0 Å². The average Bonchev–Trinajstić information content (AvgIpc) is 3.25. The van der Waals surface area contributed by atoms with Crippen LogP contribution in [0.5, 0.6) is 11.5 Å². The molecular formula is C19H20FNO6S2. The minimum atomic E-state index is -3.97. The second kappa shape index (κ2) is 7.26. The highest BCUT2D eigenvalue weighted by atomic mass is 32.2. The number of hydrogen-bond donors (Lipinski definition) is 1. The van der Waals surface area contributed by atoms with Gasteiger partial charge in [-0.2, -0.15) is 0 Å². The van der Waals surface area contributed by atoms with Gasteiger partial charge in [-0.3, -0.25) is 0 Å². The van der Waals surface area contributed by atoms with Gasteiger partial charge >= 0.3 is 0 Å². The van der Waals surface area contributed by atoms with Crippen LogP contribution in [-0.2, 0) is 26.2 Å².